The number of piperazine rings is 1. The number of aromatic amines is 1. The summed E-state index contributed by atoms with van der Waals surface area (Å²) in [6.45, 7) is 7.10. The number of H-pyrrole nitrogens is 1. The highest BCUT2D eigenvalue weighted by Gasteiger charge is 2.36. The Labute approximate surface area is 410 Å². The van der Waals surface area contributed by atoms with Crippen LogP contribution in [0.3, 0.4) is 0 Å². The van der Waals surface area contributed by atoms with Crippen molar-refractivity contribution in [2.24, 2.45) is 17.6 Å². The number of anilines is 1. The van der Waals surface area contributed by atoms with Crippen LogP contribution in [0.5, 0.6) is 5.75 Å². The number of hydrogen-bond donors (Lipinski definition) is 5. The van der Waals surface area contributed by atoms with Crippen LogP contribution >= 0.6 is 15.9 Å². The number of carbonyl (C=O) groups excluding carboxylic acids is 7. The van der Waals surface area contributed by atoms with E-state index in [2.05, 4.69) is 41.8 Å². The summed E-state index contributed by atoms with van der Waals surface area (Å²) in [6.07, 6.45) is 0.844. The molecule has 4 aromatic carbocycles. The molecule has 0 bridgehead atoms. The van der Waals surface area contributed by atoms with Gasteiger partial charge >= 0.3 is 12.1 Å². The Balaban J connectivity index is 1.02. The van der Waals surface area contributed by atoms with Crippen molar-refractivity contribution >= 4 is 84.7 Å². The second-order valence-electron chi connectivity index (χ2n) is 18.4. The minimum atomic E-state index is -0.844. The number of amides is 6. The van der Waals surface area contributed by atoms with Gasteiger partial charge in [-0.2, -0.15) is 0 Å². The Morgan fingerprint density at radius 3 is 2.26 bits per heavy atom. The summed E-state index contributed by atoms with van der Waals surface area (Å²) in [5.74, 6) is -1.25. The van der Waals surface area contributed by atoms with E-state index >= 15 is 0 Å². The number of likely N-dealkylation sites (N-methyl/N-ethyl adjacent to an activating group) is 1. The number of rotatable bonds is 19. The van der Waals surface area contributed by atoms with Gasteiger partial charge in [0.15, 0.2) is 11.6 Å². The summed E-state index contributed by atoms with van der Waals surface area (Å²) in [5.41, 5.74) is 9.92. The van der Waals surface area contributed by atoms with E-state index in [0.29, 0.717) is 66.1 Å². The lowest BCUT2D eigenvalue weighted by Gasteiger charge is -2.31. The molecule has 6 N–H and O–H groups in total. The van der Waals surface area contributed by atoms with Crippen LogP contribution in [0.1, 0.15) is 83.0 Å². The van der Waals surface area contributed by atoms with Crippen LogP contribution in [0, 0.1) is 11.8 Å². The van der Waals surface area contributed by atoms with E-state index in [-0.39, 0.29) is 73.4 Å². The molecular formula is C52H61BrN8O8. The maximum absolute atomic E-state index is 14.4. The molecule has 6 amide bonds. The van der Waals surface area contributed by atoms with Crippen molar-refractivity contribution in [3.63, 3.8) is 0 Å². The number of primary amides is 1. The van der Waals surface area contributed by atoms with Gasteiger partial charge in [0.1, 0.15) is 11.4 Å². The lowest BCUT2D eigenvalue weighted by molar-refractivity contribution is -0.131. The molecule has 1 fully saturated rings. The number of Topliss-reactive ketones (excluding diaryl/α,β-unsaturated/α-hetero) is 2. The molecule has 0 aliphatic carbocycles. The van der Waals surface area contributed by atoms with Crippen molar-refractivity contribution in [2.75, 3.05) is 63.6 Å². The fraction of sp³-hybridized carbons (Fsp3) is 0.404. The molecule has 2 aliphatic heterocycles. The Morgan fingerprint density at radius 1 is 0.870 bits per heavy atom. The van der Waals surface area contributed by atoms with Crippen LogP contribution in [0.2, 0.25) is 0 Å². The van der Waals surface area contributed by atoms with E-state index in [9.17, 15) is 33.6 Å². The molecule has 17 heteroatoms. The van der Waals surface area contributed by atoms with Gasteiger partial charge in [0.2, 0.25) is 11.8 Å². The van der Waals surface area contributed by atoms with Crippen LogP contribution < -0.4 is 31.3 Å². The first-order chi connectivity index (χ1) is 33.1. The zero-order valence-electron chi connectivity index (χ0n) is 39.6. The number of nitrogens with two attached hydrogens (primary N) is 1. The van der Waals surface area contributed by atoms with Gasteiger partial charge in [-0.25, -0.2) is 9.59 Å². The van der Waals surface area contributed by atoms with Crippen molar-refractivity contribution in [3.05, 3.63) is 107 Å². The molecule has 5 aromatic rings. The molecule has 7 rings (SSSR count). The third-order valence-electron chi connectivity index (χ3n) is 13.2. The second-order valence-corrected chi connectivity index (χ2v) is 19.0. The van der Waals surface area contributed by atoms with Crippen LogP contribution in [-0.2, 0) is 27.2 Å². The Kier molecular flexibility index (Phi) is 16.5. The Bertz CT molecular complexity index is 2730. The van der Waals surface area contributed by atoms with Gasteiger partial charge in [0.25, 0.3) is 5.91 Å². The maximum atomic E-state index is 14.4. The molecule has 364 valence electrons. The Morgan fingerprint density at radius 2 is 1.58 bits per heavy atom. The second kappa shape index (κ2) is 22.7. The van der Waals surface area contributed by atoms with Crippen LogP contribution in [0.25, 0.3) is 21.7 Å². The van der Waals surface area contributed by atoms with Crippen LogP contribution in [-0.4, -0.2) is 121 Å². The SMILES string of the molecule is CNC(=O)CC[C@H](C(=O)N[C@@H](CCCNC(N)=O)C(=O)Cc1ccc(C(=O)Cc2ccc3[nH]c(C(=O)N4C[C@@H](CBr)c5c4cc(OC(=O)N4CCN(C)CC4)c4ccccc54)cc3c2)cc1)C(C)C. The predicted octanol–water partition coefficient (Wildman–Crippen LogP) is 6.47. The number of nitrogens with one attached hydrogen (secondary N) is 4. The quantitative estimate of drug-likeness (QED) is 0.0347. The zero-order valence-corrected chi connectivity index (χ0v) is 41.2. The average molecular weight is 1010 g/mol. The standard InChI is InChI=1S/C52H61BrN8O8/c1-31(2)37(16-18-47(64)55-3)49(65)58-41(10-7-19-56-51(54)67)45(63)25-32-11-14-34(15-12-32)44(62)26-33-13-17-40-35(24-33)27-42(57-40)50(66)61-30-36(29-53)48-39-9-6-5-8-38(39)46(28-43(48)61)69-52(68)60-22-20-59(4)21-23-60/h5-6,8-9,11-15,17,24,27-28,31,36-37,41,57H,7,10,16,18-23,25-26,29-30H2,1-4H3,(H,55,64)(H,58,65)(H3,54,56,67)/t36-,37+,41+/m1/s1. The Hall–Kier alpha value is -6.59. The minimum Gasteiger partial charge on any atom is -0.409 e. The third kappa shape index (κ3) is 12.2. The summed E-state index contributed by atoms with van der Waals surface area (Å²) in [7, 11) is 3.57. The van der Waals surface area contributed by atoms with Gasteiger partial charge in [-0.3, -0.25) is 24.0 Å². The van der Waals surface area contributed by atoms with Crippen LogP contribution in [0.4, 0.5) is 15.3 Å². The number of aromatic nitrogens is 1. The van der Waals surface area contributed by atoms with Gasteiger partial charge < -0.3 is 46.1 Å². The van der Waals surface area contributed by atoms with E-state index in [1.807, 2.05) is 69.4 Å². The molecular weight excluding hydrogens is 945 g/mol. The van der Waals surface area contributed by atoms with E-state index in [4.69, 9.17) is 10.5 Å². The molecule has 16 nitrogen and oxygen atoms in total. The summed E-state index contributed by atoms with van der Waals surface area (Å²) in [5, 5.41) is 11.1. The number of halogens is 1. The monoisotopic (exact) mass is 1000 g/mol. The van der Waals surface area contributed by atoms with Crippen molar-refractivity contribution < 1.29 is 38.3 Å². The highest BCUT2D eigenvalue weighted by atomic mass is 79.9. The number of hydrogen-bond acceptors (Lipinski definition) is 9. The van der Waals surface area contributed by atoms with Crippen molar-refractivity contribution in [3.8, 4) is 5.75 Å². The number of carbonyl (C=O) groups is 7. The fourth-order valence-electron chi connectivity index (χ4n) is 9.23. The first-order valence-corrected chi connectivity index (χ1v) is 24.7. The lowest BCUT2D eigenvalue weighted by atomic mass is 9.89. The van der Waals surface area contributed by atoms with E-state index < -0.39 is 24.1 Å². The van der Waals surface area contributed by atoms with Gasteiger partial charge in [0, 0.05) is 111 Å². The number of urea groups is 1. The first kappa shape index (κ1) is 50.3. The van der Waals surface area contributed by atoms with Crippen molar-refractivity contribution in [1.82, 2.24) is 30.7 Å². The minimum absolute atomic E-state index is 0.000359. The van der Waals surface area contributed by atoms with E-state index in [1.54, 1.807) is 47.2 Å². The summed E-state index contributed by atoms with van der Waals surface area (Å²) in [6, 6.07) is 22.3. The summed E-state index contributed by atoms with van der Waals surface area (Å²) < 4.78 is 6.08. The highest BCUT2D eigenvalue weighted by molar-refractivity contribution is 9.09. The highest BCUT2D eigenvalue weighted by Crippen LogP contribution is 2.46. The smallest absolute Gasteiger partial charge is 0.409 e. The number of benzene rings is 4. The first-order valence-electron chi connectivity index (χ1n) is 23.5. The summed E-state index contributed by atoms with van der Waals surface area (Å²) in [4.78, 5) is 101. The van der Waals surface area contributed by atoms with Gasteiger partial charge in [-0.15, -0.1) is 0 Å². The molecule has 2 aliphatic rings. The number of nitrogens with zero attached hydrogens (tertiary/aromatic N) is 3. The zero-order chi connectivity index (χ0) is 49.4. The lowest BCUT2D eigenvalue weighted by Crippen LogP contribution is -2.48. The molecule has 3 atom stereocenters. The average Bonchev–Trinajstić information content (AvgIpc) is 3.94. The van der Waals surface area contributed by atoms with Crippen molar-refractivity contribution in [2.45, 2.75) is 64.3 Å². The molecule has 69 heavy (non-hydrogen) atoms. The predicted molar refractivity (Wildman–Crippen MR) is 269 cm³/mol. The van der Waals surface area contributed by atoms with E-state index in [0.717, 1.165) is 45.9 Å². The number of fused-ring (bicyclic) bond motifs is 4. The van der Waals surface area contributed by atoms with Crippen molar-refractivity contribution in [1.29, 1.82) is 0 Å². The summed E-state index contributed by atoms with van der Waals surface area (Å²) >= 11 is 3.69. The van der Waals surface area contributed by atoms with Crippen LogP contribution in [0.15, 0.2) is 78.9 Å². The fourth-order valence-corrected chi connectivity index (χ4v) is 9.75. The van der Waals surface area contributed by atoms with Gasteiger partial charge in [-0.05, 0) is 72.5 Å². The maximum Gasteiger partial charge on any atom is 0.415 e. The number of ether oxygens (including phenoxy) is 1. The number of ketones is 2. The topological polar surface area (TPSA) is 216 Å². The molecule has 0 saturated carbocycles. The normalized spacial score (nSPS) is 15.7. The third-order valence-corrected chi connectivity index (χ3v) is 14.0. The molecule has 3 heterocycles. The van der Waals surface area contributed by atoms with Gasteiger partial charge in [0.05, 0.1) is 11.7 Å². The molecule has 0 unspecified atom stereocenters. The largest absolute Gasteiger partial charge is 0.415 e. The van der Waals surface area contributed by atoms with Gasteiger partial charge in [-0.1, -0.05) is 84.4 Å². The van der Waals surface area contributed by atoms with E-state index in [1.165, 1.54) is 0 Å². The number of alkyl halides is 1. The molecule has 1 saturated heterocycles. The molecule has 1 aromatic heterocycles. The molecule has 0 radical (unpaired) electrons. The molecule has 0 spiro atoms.